The second-order valence-corrected chi connectivity index (χ2v) is 11.6. The van der Waals surface area contributed by atoms with Crippen molar-refractivity contribution in [2.75, 3.05) is 10.0 Å². The van der Waals surface area contributed by atoms with Crippen LogP contribution in [-0.2, 0) is 16.4 Å². The molecule has 5 aromatic rings. The van der Waals surface area contributed by atoms with Gasteiger partial charge in [-0.1, -0.05) is 29.3 Å². The first kappa shape index (κ1) is 27.1. The minimum Gasteiger partial charge on any atom is -0.333 e. The summed E-state index contributed by atoms with van der Waals surface area (Å²) in [6, 6.07) is 11.0. The van der Waals surface area contributed by atoms with E-state index in [1.807, 2.05) is 0 Å². The van der Waals surface area contributed by atoms with Gasteiger partial charge in [0.2, 0.25) is 0 Å². The van der Waals surface area contributed by atoms with Crippen molar-refractivity contribution in [3.05, 3.63) is 94.0 Å². The second-order valence-electron chi connectivity index (χ2n) is 9.15. The smallest absolute Gasteiger partial charge is 0.263 e. The molecule has 0 unspecified atom stereocenters. The summed E-state index contributed by atoms with van der Waals surface area (Å²) in [5.41, 5.74) is 0.848. The second kappa shape index (κ2) is 10.4. The lowest BCUT2D eigenvalue weighted by molar-refractivity contribution is 0.0972. The van der Waals surface area contributed by atoms with Crippen LogP contribution in [0.2, 0.25) is 10.0 Å². The molecule has 0 saturated carbocycles. The van der Waals surface area contributed by atoms with Gasteiger partial charge in [0.15, 0.2) is 17.4 Å². The number of pyridine rings is 1. The van der Waals surface area contributed by atoms with E-state index in [0.29, 0.717) is 29.7 Å². The Labute approximate surface area is 242 Å². The summed E-state index contributed by atoms with van der Waals surface area (Å²) in [7, 11) is -4.39. The first-order valence-corrected chi connectivity index (χ1v) is 14.5. The third kappa shape index (κ3) is 4.88. The Kier molecular flexibility index (Phi) is 6.84. The number of fused-ring (bicyclic) bond motifs is 2. The monoisotopic (exact) mass is 614 g/mol. The maximum atomic E-state index is 15.6. The first-order valence-electron chi connectivity index (χ1n) is 12.2. The van der Waals surface area contributed by atoms with E-state index in [2.05, 4.69) is 25.0 Å². The van der Waals surface area contributed by atoms with Crippen LogP contribution in [0.1, 0.15) is 28.9 Å². The molecule has 3 heterocycles. The van der Waals surface area contributed by atoms with Gasteiger partial charge in [-0.15, -0.1) is 0 Å². The molecule has 0 spiro atoms. The van der Waals surface area contributed by atoms with Crippen molar-refractivity contribution < 1.29 is 22.0 Å². The van der Waals surface area contributed by atoms with Crippen molar-refractivity contribution in [1.82, 2.24) is 19.5 Å². The van der Waals surface area contributed by atoms with Gasteiger partial charge in [-0.3, -0.25) is 9.52 Å². The van der Waals surface area contributed by atoms with Gasteiger partial charge in [0.1, 0.15) is 34.1 Å². The summed E-state index contributed by atoms with van der Waals surface area (Å²) in [4.78, 5) is 24.9. The average Bonchev–Trinajstić information content (AvgIpc) is 3.39. The van der Waals surface area contributed by atoms with Crippen LogP contribution < -0.4 is 10.0 Å². The Morgan fingerprint density at radius 1 is 0.976 bits per heavy atom. The normalized spacial score (nSPS) is 13.3. The number of ketones is 1. The standard InChI is InChI=1S/C27H18Cl2F2N6O3S/c28-15-3-1-6-21(23(15)29)41(39,40)36-17-8-7-16(30)25(24(17)31)35-27-26-18(32-13-33-27)9-10-22(34-26)37-12-11-14-19(37)4-2-5-20(14)38/h1,3,6-13,36H,2,4-5H2,(H,32,33,35). The highest BCUT2D eigenvalue weighted by Crippen LogP contribution is 2.34. The summed E-state index contributed by atoms with van der Waals surface area (Å²) in [6.07, 6.45) is 4.86. The molecule has 3 aromatic heterocycles. The van der Waals surface area contributed by atoms with Crippen LogP contribution in [0.3, 0.4) is 0 Å². The van der Waals surface area contributed by atoms with Crippen LogP contribution in [0.4, 0.5) is 26.0 Å². The third-order valence-electron chi connectivity index (χ3n) is 6.61. The third-order valence-corrected chi connectivity index (χ3v) is 8.95. The minimum atomic E-state index is -4.39. The number of hydrogen-bond donors (Lipinski definition) is 2. The van der Waals surface area contributed by atoms with Gasteiger partial charge in [0, 0.05) is 23.9 Å². The van der Waals surface area contributed by atoms with Crippen molar-refractivity contribution in [3.8, 4) is 5.82 Å². The summed E-state index contributed by atoms with van der Waals surface area (Å²) in [5.74, 6) is -1.73. The topological polar surface area (TPSA) is 119 Å². The number of nitrogens with zero attached hydrogens (tertiary/aromatic N) is 4. The molecule has 1 aliphatic rings. The number of benzene rings is 2. The van der Waals surface area contributed by atoms with Crippen LogP contribution in [0.15, 0.2) is 66.0 Å². The molecule has 0 aliphatic heterocycles. The lowest BCUT2D eigenvalue weighted by Gasteiger charge is -2.16. The predicted octanol–water partition coefficient (Wildman–Crippen LogP) is 6.46. The maximum Gasteiger partial charge on any atom is 0.263 e. The highest BCUT2D eigenvalue weighted by Gasteiger charge is 2.25. The van der Waals surface area contributed by atoms with Crippen LogP contribution in [0.25, 0.3) is 16.9 Å². The van der Waals surface area contributed by atoms with Crippen molar-refractivity contribution in [2.45, 2.75) is 24.2 Å². The highest BCUT2D eigenvalue weighted by molar-refractivity contribution is 7.92. The number of aromatic nitrogens is 4. The SMILES string of the molecule is O=C1CCCc2c1ccn2-c1ccc2ncnc(Nc3c(F)ccc(NS(=O)(=O)c4cccc(Cl)c4Cl)c3F)c2n1. The van der Waals surface area contributed by atoms with Crippen LogP contribution >= 0.6 is 23.2 Å². The molecule has 208 valence electrons. The van der Waals surface area contributed by atoms with Crippen molar-refractivity contribution in [3.63, 3.8) is 0 Å². The molecule has 0 saturated heterocycles. The Balaban J connectivity index is 1.38. The van der Waals surface area contributed by atoms with Crippen LogP contribution in [0.5, 0.6) is 0 Å². The molecule has 1 aliphatic carbocycles. The van der Waals surface area contributed by atoms with Gasteiger partial charge in [-0.05, 0) is 55.3 Å². The Morgan fingerprint density at radius 2 is 1.80 bits per heavy atom. The number of sulfonamides is 1. The molecule has 2 aromatic carbocycles. The molecule has 2 N–H and O–H groups in total. The Bertz CT molecular complexity index is 1980. The maximum absolute atomic E-state index is 15.6. The molecule has 0 bridgehead atoms. The van der Waals surface area contributed by atoms with E-state index >= 15 is 4.39 Å². The Morgan fingerprint density at radius 3 is 2.63 bits per heavy atom. The van der Waals surface area contributed by atoms with Crippen LogP contribution in [0, 0.1) is 11.6 Å². The molecular formula is C27H18Cl2F2N6O3S. The average molecular weight is 615 g/mol. The summed E-state index contributed by atoms with van der Waals surface area (Å²) < 4.78 is 60.2. The van der Waals surface area contributed by atoms with Crippen molar-refractivity contribution in [2.24, 2.45) is 0 Å². The predicted molar refractivity (Wildman–Crippen MR) is 151 cm³/mol. The first-order chi connectivity index (χ1) is 19.6. The fourth-order valence-corrected chi connectivity index (χ4v) is 6.47. The lowest BCUT2D eigenvalue weighted by Crippen LogP contribution is -2.15. The molecule has 0 atom stereocenters. The summed E-state index contributed by atoms with van der Waals surface area (Å²) in [5, 5.41) is 2.35. The molecule has 41 heavy (non-hydrogen) atoms. The van der Waals surface area contributed by atoms with Gasteiger partial charge < -0.3 is 9.88 Å². The van der Waals surface area contributed by atoms with Gasteiger partial charge >= 0.3 is 0 Å². The minimum absolute atomic E-state index is 0.00833. The van der Waals surface area contributed by atoms with Gasteiger partial charge in [0.25, 0.3) is 10.0 Å². The molecule has 14 heteroatoms. The largest absolute Gasteiger partial charge is 0.333 e. The van der Waals surface area contributed by atoms with E-state index in [0.717, 1.165) is 24.2 Å². The number of nitrogens with one attached hydrogen (secondary N) is 2. The Hall–Kier alpha value is -4.13. The number of carbonyl (C=O) groups is 1. The molecule has 0 fully saturated rings. The number of halogens is 4. The summed E-state index contributed by atoms with van der Waals surface area (Å²) in [6.45, 7) is 0. The molecule has 0 radical (unpaired) electrons. The van der Waals surface area contributed by atoms with Crippen molar-refractivity contribution >= 4 is 67.2 Å². The zero-order valence-electron chi connectivity index (χ0n) is 20.8. The number of rotatable bonds is 6. The quantitative estimate of drug-likeness (QED) is 0.225. The number of carbonyl (C=O) groups excluding carboxylic acids is 1. The number of hydrogen-bond acceptors (Lipinski definition) is 7. The van der Waals surface area contributed by atoms with Gasteiger partial charge in [-0.2, -0.15) is 0 Å². The fraction of sp³-hybridized carbons (Fsp3) is 0.111. The lowest BCUT2D eigenvalue weighted by atomic mass is 9.97. The van der Waals surface area contributed by atoms with Gasteiger partial charge in [0.05, 0.1) is 21.2 Å². The number of Topliss-reactive ketones (excluding diaryl/α,β-unsaturated/α-hetero) is 1. The molecule has 6 rings (SSSR count). The van der Waals surface area contributed by atoms with E-state index in [4.69, 9.17) is 23.2 Å². The van der Waals surface area contributed by atoms with Gasteiger partial charge in [-0.25, -0.2) is 32.2 Å². The van der Waals surface area contributed by atoms with Crippen molar-refractivity contribution in [1.29, 1.82) is 0 Å². The number of anilines is 3. The summed E-state index contributed by atoms with van der Waals surface area (Å²) >= 11 is 12.0. The molecule has 9 nitrogen and oxygen atoms in total. The molecular weight excluding hydrogens is 597 g/mol. The van der Waals surface area contributed by atoms with Crippen LogP contribution in [-0.4, -0.2) is 33.7 Å². The zero-order chi connectivity index (χ0) is 28.9. The van der Waals surface area contributed by atoms with E-state index in [1.165, 1.54) is 24.5 Å². The van der Waals surface area contributed by atoms with E-state index in [-0.39, 0.29) is 32.1 Å². The van der Waals surface area contributed by atoms with E-state index in [1.54, 1.807) is 29.0 Å². The fourth-order valence-electron chi connectivity index (χ4n) is 4.65. The van der Waals surface area contributed by atoms with E-state index < -0.39 is 33.0 Å². The highest BCUT2D eigenvalue weighted by atomic mass is 35.5. The molecule has 0 amide bonds. The van der Waals surface area contributed by atoms with E-state index in [9.17, 15) is 17.6 Å². The zero-order valence-corrected chi connectivity index (χ0v) is 23.2.